The van der Waals surface area contributed by atoms with E-state index in [1.165, 1.54) is 6.20 Å². The molecule has 2 heterocycles. The van der Waals surface area contributed by atoms with Crippen LogP contribution in [0.2, 0.25) is 0 Å². The van der Waals surface area contributed by atoms with Crippen LogP contribution in [0.15, 0.2) is 18.5 Å². The van der Waals surface area contributed by atoms with Crippen molar-refractivity contribution in [2.24, 2.45) is 5.92 Å². The number of esters is 1. The number of nitrogens with zero attached hydrogens (tertiary/aromatic N) is 1. The summed E-state index contributed by atoms with van der Waals surface area (Å²) in [4.78, 5) is 19.6. The minimum atomic E-state index is -2.22. The second-order valence-electron chi connectivity index (χ2n) is 7.16. The van der Waals surface area contributed by atoms with Crippen LogP contribution < -0.4 is 10.0 Å². The molecule has 2 aromatic rings. The largest absolute Gasteiger partial charge is 0.459 e. The van der Waals surface area contributed by atoms with Crippen LogP contribution in [0, 0.1) is 5.92 Å². The smallest absolute Gasteiger partial charge is 0.341 e. The molecule has 2 aromatic heterocycles. The van der Waals surface area contributed by atoms with Gasteiger partial charge in [-0.2, -0.15) is 0 Å². The normalized spacial score (nSPS) is 21.9. The van der Waals surface area contributed by atoms with Gasteiger partial charge in [0.2, 0.25) is 0 Å². The molecule has 1 aliphatic carbocycles. The molecular formula is C19H27FN4O3S. The lowest BCUT2D eigenvalue weighted by molar-refractivity contribution is 0.0482. The number of hydrogen-bond acceptors (Lipinski definition) is 5. The Morgan fingerprint density at radius 1 is 1.43 bits per heavy atom. The van der Waals surface area contributed by atoms with Crippen LogP contribution in [0.5, 0.6) is 0 Å². The van der Waals surface area contributed by atoms with Gasteiger partial charge < -0.3 is 15.0 Å². The highest BCUT2D eigenvalue weighted by Gasteiger charge is 2.25. The zero-order chi connectivity index (χ0) is 20.1. The van der Waals surface area contributed by atoms with Crippen LogP contribution in [0.3, 0.4) is 0 Å². The number of aromatic amines is 1. The number of aromatic nitrogens is 2. The van der Waals surface area contributed by atoms with Gasteiger partial charge in [-0.3, -0.25) is 4.21 Å². The number of carbonyl (C=O) groups is 1. The summed E-state index contributed by atoms with van der Waals surface area (Å²) in [5.41, 5.74) is 1.64. The first-order valence-corrected chi connectivity index (χ1v) is 11.3. The Labute approximate surface area is 164 Å². The minimum Gasteiger partial charge on any atom is -0.459 e. The zero-order valence-electron chi connectivity index (χ0n) is 16.0. The van der Waals surface area contributed by atoms with Gasteiger partial charge in [0.05, 0.1) is 5.69 Å². The van der Waals surface area contributed by atoms with E-state index in [0.717, 1.165) is 31.1 Å². The third kappa shape index (κ3) is 4.82. The summed E-state index contributed by atoms with van der Waals surface area (Å²) in [5, 5.41) is 4.28. The van der Waals surface area contributed by atoms with Crippen molar-refractivity contribution >= 4 is 38.3 Å². The number of alkyl halides is 1. The van der Waals surface area contributed by atoms with Gasteiger partial charge in [-0.15, -0.1) is 0 Å². The molecule has 3 N–H and O–H groups in total. The number of carbonyl (C=O) groups excluding carboxylic acids is 1. The van der Waals surface area contributed by atoms with E-state index in [1.807, 2.05) is 6.07 Å². The average molecular weight is 411 g/mol. The monoisotopic (exact) mass is 410 g/mol. The lowest BCUT2D eigenvalue weighted by Gasteiger charge is -2.31. The van der Waals surface area contributed by atoms with Crippen molar-refractivity contribution in [3.05, 3.63) is 24.0 Å². The predicted octanol–water partition coefficient (Wildman–Crippen LogP) is 2.51. The van der Waals surface area contributed by atoms with Crippen molar-refractivity contribution < 1.29 is 18.1 Å². The van der Waals surface area contributed by atoms with E-state index in [-0.39, 0.29) is 12.6 Å². The van der Waals surface area contributed by atoms with E-state index in [0.29, 0.717) is 28.6 Å². The van der Waals surface area contributed by atoms with Gasteiger partial charge >= 0.3 is 5.97 Å². The first-order valence-electron chi connectivity index (χ1n) is 9.42. The number of fused-ring (bicyclic) bond motifs is 1. The third-order valence-corrected chi connectivity index (χ3v) is 6.94. The SMILES string of the molecule is C=S(=O)(CC1CCC(Nc2c(C(=O)OCCF)cnc3[nH]ccc23)CC1)NC. The van der Waals surface area contributed by atoms with Crippen LogP contribution in [0.25, 0.3) is 11.0 Å². The summed E-state index contributed by atoms with van der Waals surface area (Å²) in [5.74, 6) is 4.13. The van der Waals surface area contributed by atoms with Gasteiger partial charge in [-0.25, -0.2) is 18.9 Å². The highest BCUT2D eigenvalue weighted by Crippen LogP contribution is 2.32. The zero-order valence-corrected chi connectivity index (χ0v) is 16.8. The van der Waals surface area contributed by atoms with Crippen LogP contribution >= 0.6 is 0 Å². The molecule has 0 aromatic carbocycles. The lowest BCUT2D eigenvalue weighted by atomic mass is 9.87. The molecule has 1 fully saturated rings. The number of hydrogen-bond donors (Lipinski definition) is 3. The van der Waals surface area contributed by atoms with E-state index in [2.05, 4.69) is 25.9 Å². The molecule has 28 heavy (non-hydrogen) atoms. The van der Waals surface area contributed by atoms with Gasteiger partial charge in [0.25, 0.3) is 0 Å². The molecule has 1 unspecified atom stereocenters. The number of rotatable bonds is 8. The molecule has 0 saturated heterocycles. The van der Waals surface area contributed by atoms with Gasteiger partial charge in [0.15, 0.2) is 0 Å². The van der Waals surface area contributed by atoms with Crippen molar-refractivity contribution in [2.75, 3.05) is 31.4 Å². The standard InChI is InChI=1S/C19H27FN4O3S/c1-21-28(2,26)12-13-3-5-14(6-4-13)24-17-15-7-9-22-18(15)23-11-16(17)19(25)27-10-8-20/h7,9,11,13-14H,2-6,8,10,12H2,1H3,(H,21,26)(H2,22,23,24). The Kier molecular flexibility index (Phi) is 6.56. The molecule has 0 aliphatic heterocycles. The molecule has 1 atom stereocenters. The second kappa shape index (κ2) is 8.91. The van der Waals surface area contributed by atoms with E-state index >= 15 is 0 Å². The van der Waals surface area contributed by atoms with Crippen molar-refractivity contribution in [3.8, 4) is 0 Å². The Balaban J connectivity index is 1.73. The highest BCUT2D eigenvalue weighted by atomic mass is 32.2. The summed E-state index contributed by atoms with van der Waals surface area (Å²) >= 11 is 0. The molecule has 1 saturated carbocycles. The quantitative estimate of drug-likeness (QED) is 0.459. The maximum absolute atomic E-state index is 12.4. The van der Waals surface area contributed by atoms with Crippen LogP contribution in [0.1, 0.15) is 36.0 Å². The van der Waals surface area contributed by atoms with E-state index in [9.17, 15) is 13.4 Å². The summed E-state index contributed by atoms with van der Waals surface area (Å²) in [7, 11) is -0.540. The van der Waals surface area contributed by atoms with Crippen LogP contribution in [-0.4, -0.2) is 58.1 Å². The Hall–Kier alpha value is -2.13. The number of pyridine rings is 1. The summed E-state index contributed by atoms with van der Waals surface area (Å²) in [6, 6.07) is 2.03. The van der Waals surface area contributed by atoms with E-state index in [1.54, 1.807) is 13.2 Å². The molecular weight excluding hydrogens is 383 g/mol. The summed E-state index contributed by atoms with van der Waals surface area (Å²) in [6.45, 7) is -0.995. The molecule has 9 heteroatoms. The fraction of sp³-hybridized carbons (Fsp3) is 0.526. The van der Waals surface area contributed by atoms with Gasteiger partial charge in [0, 0.05) is 39.3 Å². The Morgan fingerprint density at radius 2 is 2.18 bits per heavy atom. The molecule has 154 valence electrons. The topological polar surface area (TPSA) is 96.1 Å². The first-order chi connectivity index (χ1) is 13.4. The number of nitrogens with one attached hydrogen (secondary N) is 3. The minimum absolute atomic E-state index is 0.180. The van der Waals surface area contributed by atoms with Crippen LogP contribution in [0.4, 0.5) is 10.1 Å². The molecule has 0 bridgehead atoms. The predicted molar refractivity (Wildman–Crippen MR) is 111 cm³/mol. The number of H-pyrrole nitrogens is 1. The fourth-order valence-corrected chi connectivity index (χ4v) is 4.93. The first kappa shape index (κ1) is 20.6. The maximum Gasteiger partial charge on any atom is 0.341 e. The van der Waals surface area contributed by atoms with Crippen molar-refractivity contribution in [3.63, 3.8) is 0 Å². The average Bonchev–Trinajstić information content (AvgIpc) is 3.17. The molecule has 1 aliphatic rings. The van der Waals surface area contributed by atoms with E-state index < -0.39 is 22.4 Å². The molecule has 3 rings (SSSR count). The summed E-state index contributed by atoms with van der Waals surface area (Å²) in [6.07, 6.45) is 6.90. The molecule has 7 nitrogen and oxygen atoms in total. The number of anilines is 1. The molecule has 0 amide bonds. The van der Waals surface area contributed by atoms with Crippen LogP contribution in [-0.2, 0) is 14.4 Å². The number of halogens is 1. The fourth-order valence-electron chi connectivity index (χ4n) is 3.67. The lowest BCUT2D eigenvalue weighted by Crippen LogP contribution is -2.32. The van der Waals surface area contributed by atoms with Crippen molar-refractivity contribution in [1.82, 2.24) is 14.7 Å². The van der Waals surface area contributed by atoms with Crippen molar-refractivity contribution in [2.45, 2.75) is 31.7 Å². The second-order valence-corrected chi connectivity index (χ2v) is 9.52. The van der Waals surface area contributed by atoms with E-state index in [4.69, 9.17) is 4.74 Å². The van der Waals surface area contributed by atoms with Gasteiger partial charge in [-0.1, -0.05) is 0 Å². The van der Waals surface area contributed by atoms with Gasteiger partial charge in [-0.05, 0) is 50.6 Å². The maximum atomic E-state index is 12.4. The number of ether oxygens (including phenoxy) is 1. The van der Waals surface area contributed by atoms with Crippen molar-refractivity contribution in [1.29, 1.82) is 0 Å². The highest BCUT2D eigenvalue weighted by molar-refractivity contribution is 7.98. The van der Waals surface area contributed by atoms with Gasteiger partial charge in [0.1, 0.15) is 24.5 Å². The third-order valence-electron chi connectivity index (χ3n) is 5.19. The molecule has 0 spiro atoms. The summed E-state index contributed by atoms with van der Waals surface area (Å²) < 4.78 is 32.3. The molecule has 0 radical (unpaired) electrons. The Bertz CT molecular complexity index is 920. The Morgan fingerprint density at radius 3 is 2.86 bits per heavy atom.